The highest BCUT2D eigenvalue weighted by atomic mass is 35.5. The zero-order chi connectivity index (χ0) is 12.1. The number of hydrogen-bond acceptors (Lipinski definition) is 3. The minimum Gasteiger partial charge on any atom is -0.482 e. The van der Waals surface area contributed by atoms with Crippen molar-refractivity contribution in [3.05, 3.63) is 28.3 Å². The fourth-order valence-electron chi connectivity index (χ4n) is 1.20. The summed E-state index contributed by atoms with van der Waals surface area (Å²) in [5.74, 6) is 0.444. The van der Waals surface area contributed by atoms with Gasteiger partial charge in [0.15, 0.2) is 6.61 Å². The Morgan fingerprint density at radius 3 is 2.62 bits per heavy atom. The zero-order valence-electron chi connectivity index (χ0n) is 9.05. The molecule has 0 unspecified atom stereocenters. The Morgan fingerprint density at radius 1 is 1.44 bits per heavy atom. The summed E-state index contributed by atoms with van der Waals surface area (Å²) >= 11 is 11.7. The van der Waals surface area contributed by atoms with E-state index in [-0.39, 0.29) is 6.61 Å². The van der Waals surface area contributed by atoms with Gasteiger partial charge in [0.05, 0.1) is 7.11 Å². The number of ether oxygens (including phenoxy) is 2. The van der Waals surface area contributed by atoms with E-state index in [9.17, 15) is 4.79 Å². The van der Waals surface area contributed by atoms with E-state index < -0.39 is 5.97 Å². The van der Waals surface area contributed by atoms with Crippen LogP contribution < -0.4 is 4.74 Å². The summed E-state index contributed by atoms with van der Waals surface area (Å²) < 4.78 is 9.68. The molecule has 88 valence electrons. The lowest BCUT2D eigenvalue weighted by Crippen LogP contribution is -2.12. The molecule has 1 aromatic carbocycles. The molecular formula is C11H12Cl2O3. The average molecular weight is 263 g/mol. The van der Waals surface area contributed by atoms with Crippen molar-refractivity contribution in [3.8, 4) is 5.75 Å². The first-order valence-electron chi connectivity index (χ1n) is 4.63. The molecule has 0 atom stereocenters. The first-order chi connectivity index (χ1) is 7.58. The van der Waals surface area contributed by atoms with Crippen LogP contribution in [0.5, 0.6) is 5.75 Å². The molecule has 0 bridgehead atoms. The van der Waals surface area contributed by atoms with Crippen LogP contribution in [0, 0.1) is 6.92 Å². The van der Waals surface area contributed by atoms with Crippen molar-refractivity contribution in [2.24, 2.45) is 0 Å². The summed E-state index contributed by atoms with van der Waals surface area (Å²) in [6.07, 6.45) is 0. The first kappa shape index (κ1) is 13.1. The predicted molar refractivity (Wildman–Crippen MR) is 63.3 cm³/mol. The number of hydrogen-bond donors (Lipinski definition) is 0. The highest BCUT2D eigenvalue weighted by molar-refractivity contribution is 6.32. The smallest absolute Gasteiger partial charge is 0.343 e. The van der Waals surface area contributed by atoms with Crippen molar-refractivity contribution in [2.45, 2.75) is 12.8 Å². The lowest BCUT2D eigenvalue weighted by atomic mass is 10.1. The number of halogens is 2. The van der Waals surface area contributed by atoms with Crippen molar-refractivity contribution in [1.82, 2.24) is 0 Å². The van der Waals surface area contributed by atoms with Crippen molar-refractivity contribution < 1.29 is 14.3 Å². The summed E-state index contributed by atoms with van der Waals surface area (Å²) in [7, 11) is 1.31. The number of esters is 1. The van der Waals surface area contributed by atoms with Gasteiger partial charge in [-0.1, -0.05) is 11.6 Å². The fraction of sp³-hybridized carbons (Fsp3) is 0.364. The van der Waals surface area contributed by atoms with Gasteiger partial charge in [-0.2, -0.15) is 0 Å². The Hall–Kier alpha value is -0.930. The second kappa shape index (κ2) is 5.97. The van der Waals surface area contributed by atoms with Crippen LogP contribution in [-0.2, 0) is 15.4 Å². The molecule has 0 aliphatic heterocycles. The molecular weight excluding hydrogens is 251 g/mol. The molecule has 16 heavy (non-hydrogen) atoms. The first-order valence-corrected chi connectivity index (χ1v) is 5.54. The maximum absolute atomic E-state index is 10.9. The highest BCUT2D eigenvalue weighted by Crippen LogP contribution is 2.27. The summed E-state index contributed by atoms with van der Waals surface area (Å²) in [5, 5.41) is 0.537. The molecule has 0 N–H and O–H groups in total. The van der Waals surface area contributed by atoms with Crippen LogP contribution in [0.4, 0.5) is 0 Å². The molecule has 0 spiro atoms. The van der Waals surface area contributed by atoms with E-state index in [1.807, 2.05) is 6.92 Å². The van der Waals surface area contributed by atoms with Crippen molar-refractivity contribution in [3.63, 3.8) is 0 Å². The van der Waals surface area contributed by atoms with Crippen LogP contribution in [0.2, 0.25) is 5.02 Å². The molecule has 0 amide bonds. The van der Waals surface area contributed by atoms with E-state index in [4.69, 9.17) is 27.9 Å². The SMILES string of the molecule is COC(=O)COc1cc(C)c(CCl)c(Cl)c1. The lowest BCUT2D eigenvalue weighted by molar-refractivity contribution is -0.142. The number of rotatable bonds is 4. The molecule has 0 radical (unpaired) electrons. The molecule has 3 nitrogen and oxygen atoms in total. The van der Waals surface area contributed by atoms with Gasteiger partial charge in [0, 0.05) is 10.9 Å². The highest BCUT2D eigenvalue weighted by Gasteiger charge is 2.08. The normalized spacial score (nSPS) is 10.0. The van der Waals surface area contributed by atoms with Gasteiger partial charge >= 0.3 is 5.97 Å². The van der Waals surface area contributed by atoms with E-state index >= 15 is 0 Å². The molecule has 0 saturated heterocycles. The van der Waals surface area contributed by atoms with E-state index in [2.05, 4.69) is 4.74 Å². The minimum atomic E-state index is -0.435. The third-order valence-electron chi connectivity index (χ3n) is 2.11. The van der Waals surface area contributed by atoms with Gasteiger partial charge in [-0.3, -0.25) is 0 Å². The molecule has 0 aromatic heterocycles. The number of alkyl halides is 1. The summed E-state index contributed by atoms with van der Waals surface area (Å²) in [5.41, 5.74) is 1.80. The third-order valence-corrected chi connectivity index (χ3v) is 2.71. The van der Waals surface area contributed by atoms with Gasteiger partial charge in [0.25, 0.3) is 0 Å². The number of carbonyl (C=O) groups is 1. The number of benzene rings is 1. The lowest BCUT2D eigenvalue weighted by Gasteiger charge is -2.09. The van der Waals surface area contributed by atoms with Crippen molar-refractivity contribution >= 4 is 29.2 Å². The van der Waals surface area contributed by atoms with Gasteiger partial charge in [-0.15, -0.1) is 11.6 Å². The maximum Gasteiger partial charge on any atom is 0.343 e. The third kappa shape index (κ3) is 3.29. The number of methoxy groups -OCH3 is 1. The Kier molecular flexibility index (Phi) is 4.90. The van der Waals surface area contributed by atoms with Crippen LogP contribution >= 0.6 is 23.2 Å². The standard InChI is InChI=1S/C11H12Cl2O3/c1-7-3-8(16-6-11(14)15-2)4-10(13)9(7)5-12/h3-4H,5-6H2,1-2H3. The topological polar surface area (TPSA) is 35.5 Å². The van der Waals surface area contributed by atoms with Crippen molar-refractivity contribution in [1.29, 1.82) is 0 Å². The van der Waals surface area contributed by atoms with E-state index in [1.165, 1.54) is 7.11 Å². The molecule has 0 saturated carbocycles. The summed E-state index contributed by atoms with van der Waals surface area (Å²) in [6.45, 7) is 1.75. The molecule has 1 rings (SSSR count). The van der Waals surface area contributed by atoms with Gasteiger partial charge in [0.2, 0.25) is 0 Å². The molecule has 1 aromatic rings. The van der Waals surface area contributed by atoms with Crippen LogP contribution in [0.15, 0.2) is 12.1 Å². The van der Waals surface area contributed by atoms with Gasteiger partial charge in [-0.25, -0.2) is 4.79 Å². The molecule has 0 heterocycles. The van der Waals surface area contributed by atoms with Crippen LogP contribution in [0.1, 0.15) is 11.1 Å². The van der Waals surface area contributed by atoms with E-state index in [0.717, 1.165) is 11.1 Å². The van der Waals surface area contributed by atoms with Crippen LogP contribution in [-0.4, -0.2) is 19.7 Å². The van der Waals surface area contributed by atoms with Gasteiger partial charge in [0.1, 0.15) is 5.75 Å². The Balaban J connectivity index is 2.79. The summed E-state index contributed by atoms with van der Waals surface area (Å²) in [4.78, 5) is 10.9. The fourth-order valence-corrected chi connectivity index (χ4v) is 1.94. The molecule has 5 heteroatoms. The monoisotopic (exact) mass is 262 g/mol. The second-order valence-corrected chi connectivity index (χ2v) is 3.87. The Bertz CT molecular complexity index is 368. The molecule has 0 fully saturated rings. The average Bonchev–Trinajstić information content (AvgIpc) is 2.25. The maximum atomic E-state index is 10.9. The molecule has 0 aliphatic rings. The zero-order valence-corrected chi connectivity index (χ0v) is 10.6. The van der Waals surface area contributed by atoms with Crippen molar-refractivity contribution in [2.75, 3.05) is 13.7 Å². The van der Waals surface area contributed by atoms with E-state index in [0.29, 0.717) is 16.7 Å². The Morgan fingerprint density at radius 2 is 2.12 bits per heavy atom. The Labute approximate surface area is 104 Å². The second-order valence-electron chi connectivity index (χ2n) is 3.20. The van der Waals surface area contributed by atoms with E-state index in [1.54, 1.807) is 12.1 Å². The van der Waals surface area contributed by atoms with Crippen LogP contribution in [0.3, 0.4) is 0 Å². The summed E-state index contributed by atoms with van der Waals surface area (Å²) in [6, 6.07) is 3.42. The number of carbonyl (C=O) groups excluding carboxylic acids is 1. The van der Waals surface area contributed by atoms with Gasteiger partial charge < -0.3 is 9.47 Å². The quantitative estimate of drug-likeness (QED) is 0.618. The largest absolute Gasteiger partial charge is 0.482 e. The predicted octanol–water partition coefficient (Wildman–Crippen LogP) is 2.94. The minimum absolute atomic E-state index is 0.132. The van der Waals surface area contributed by atoms with Gasteiger partial charge in [-0.05, 0) is 30.2 Å². The number of aryl methyl sites for hydroxylation is 1. The van der Waals surface area contributed by atoms with Crippen LogP contribution in [0.25, 0.3) is 0 Å². The molecule has 0 aliphatic carbocycles.